The molecule has 5 rings (SSSR count). The Morgan fingerprint density at radius 3 is 2.50 bits per heavy atom. The molecule has 2 heterocycles. The van der Waals surface area contributed by atoms with E-state index in [1.54, 1.807) is 0 Å². The van der Waals surface area contributed by atoms with Gasteiger partial charge in [0, 0.05) is 24.3 Å². The fourth-order valence-electron chi connectivity index (χ4n) is 3.83. The van der Waals surface area contributed by atoms with E-state index >= 15 is 0 Å². The van der Waals surface area contributed by atoms with E-state index in [1.165, 1.54) is 6.33 Å². The molecule has 0 aliphatic carbocycles. The van der Waals surface area contributed by atoms with Crippen LogP contribution in [0, 0.1) is 10.1 Å². The summed E-state index contributed by atoms with van der Waals surface area (Å²) in [6.07, 6.45) is 1.47. The largest absolute Gasteiger partial charge is 0.357 e. The van der Waals surface area contributed by atoms with Crippen molar-refractivity contribution in [1.29, 1.82) is 0 Å². The van der Waals surface area contributed by atoms with E-state index in [-0.39, 0.29) is 17.9 Å². The van der Waals surface area contributed by atoms with Gasteiger partial charge in [0.15, 0.2) is 0 Å². The van der Waals surface area contributed by atoms with Crippen molar-refractivity contribution >= 4 is 33.6 Å². The minimum absolute atomic E-state index is 0.104. The van der Waals surface area contributed by atoms with Gasteiger partial charge in [-0.15, -0.1) is 0 Å². The van der Waals surface area contributed by atoms with Crippen LogP contribution >= 0.6 is 0 Å². The topological polar surface area (TPSA) is 109 Å². The average Bonchev–Trinajstić information content (AvgIpc) is 3.29. The third-order valence-corrected chi connectivity index (χ3v) is 5.35. The second kappa shape index (κ2) is 7.95. The number of anilines is 2. The van der Waals surface area contributed by atoms with Gasteiger partial charge in [-0.2, -0.15) is 4.52 Å². The van der Waals surface area contributed by atoms with Crippen molar-refractivity contribution in [3.63, 3.8) is 0 Å². The Kier molecular flexibility index (Phi) is 4.83. The van der Waals surface area contributed by atoms with Gasteiger partial charge in [-0.05, 0) is 35.0 Å². The number of hydrogen-bond acceptors (Lipinski definition) is 6. The summed E-state index contributed by atoms with van der Waals surface area (Å²) in [4.78, 5) is 33.9. The first-order valence-electron chi connectivity index (χ1n) is 10.0. The van der Waals surface area contributed by atoms with Crippen molar-refractivity contribution in [2.45, 2.75) is 6.42 Å². The van der Waals surface area contributed by atoms with Gasteiger partial charge in [-0.1, -0.05) is 48.5 Å². The van der Waals surface area contributed by atoms with Crippen molar-refractivity contribution in [3.05, 3.63) is 105 Å². The van der Waals surface area contributed by atoms with E-state index in [0.29, 0.717) is 6.54 Å². The minimum Gasteiger partial charge on any atom is -0.341 e. The van der Waals surface area contributed by atoms with Gasteiger partial charge >= 0.3 is 11.2 Å². The van der Waals surface area contributed by atoms with Gasteiger partial charge in [0.1, 0.15) is 12.0 Å². The van der Waals surface area contributed by atoms with Gasteiger partial charge in [0.25, 0.3) is 5.78 Å². The number of H-pyrrole nitrogens is 1. The summed E-state index contributed by atoms with van der Waals surface area (Å²) in [5.74, 6) is 0.104. The summed E-state index contributed by atoms with van der Waals surface area (Å²) in [5, 5.41) is 16.4. The number of para-hydroxylation sites is 1. The van der Waals surface area contributed by atoms with Gasteiger partial charge in [-0.3, -0.25) is 20.0 Å². The first kappa shape index (κ1) is 19.4. The lowest BCUT2D eigenvalue weighted by Gasteiger charge is -2.25. The molecule has 0 radical (unpaired) electrons. The maximum absolute atomic E-state index is 12.6. The lowest BCUT2D eigenvalue weighted by Crippen LogP contribution is -2.25. The van der Waals surface area contributed by atoms with Gasteiger partial charge in [0.2, 0.25) is 0 Å². The third-order valence-electron chi connectivity index (χ3n) is 5.35. The molecule has 5 aromatic rings. The van der Waals surface area contributed by atoms with Gasteiger partial charge in [0.05, 0.1) is 4.92 Å². The van der Waals surface area contributed by atoms with Crippen molar-refractivity contribution < 1.29 is 4.92 Å². The molecule has 1 N–H and O–H groups in total. The molecule has 2 aromatic heterocycles. The number of aromatic amines is 1. The Bertz CT molecular complexity index is 1490. The molecule has 0 aliphatic heterocycles. The highest BCUT2D eigenvalue weighted by Gasteiger charge is 2.25. The lowest BCUT2D eigenvalue weighted by atomic mass is 10.1. The van der Waals surface area contributed by atoms with E-state index in [0.717, 1.165) is 26.7 Å². The number of nitrogens with zero attached hydrogens (tertiary/aromatic N) is 5. The van der Waals surface area contributed by atoms with Crippen LogP contribution in [0.15, 0.2) is 83.9 Å². The number of hydrogen-bond donors (Lipinski definition) is 1. The van der Waals surface area contributed by atoms with Crippen LogP contribution in [-0.4, -0.2) is 31.1 Å². The fraction of sp³-hybridized carbons (Fsp3) is 0.0870. The number of fused-ring (bicyclic) bond motifs is 2. The van der Waals surface area contributed by atoms with E-state index in [2.05, 4.69) is 26.0 Å². The number of aromatic nitrogens is 4. The minimum atomic E-state index is -0.774. The summed E-state index contributed by atoms with van der Waals surface area (Å²) in [5.41, 5.74) is 0.662. The highest BCUT2D eigenvalue weighted by Crippen LogP contribution is 2.29. The zero-order valence-corrected chi connectivity index (χ0v) is 16.9. The van der Waals surface area contributed by atoms with Crippen LogP contribution in [0.5, 0.6) is 0 Å². The molecule has 0 saturated carbocycles. The van der Waals surface area contributed by atoms with Crippen molar-refractivity contribution in [2.75, 3.05) is 11.4 Å². The summed E-state index contributed by atoms with van der Waals surface area (Å²) >= 11 is 0. The zero-order valence-electron chi connectivity index (χ0n) is 16.9. The quantitative estimate of drug-likeness (QED) is 0.326. The summed E-state index contributed by atoms with van der Waals surface area (Å²) in [6, 6.07) is 24.0. The molecule has 0 spiro atoms. The van der Waals surface area contributed by atoms with Crippen LogP contribution < -0.4 is 10.5 Å². The number of rotatable bonds is 6. The maximum Gasteiger partial charge on any atom is 0.357 e. The fourth-order valence-corrected chi connectivity index (χ4v) is 3.83. The first-order valence-corrected chi connectivity index (χ1v) is 10.0. The van der Waals surface area contributed by atoms with Crippen LogP contribution in [0.3, 0.4) is 0 Å². The Labute approximate surface area is 181 Å². The molecule has 0 atom stereocenters. The molecule has 0 amide bonds. The van der Waals surface area contributed by atoms with E-state index in [4.69, 9.17) is 0 Å². The van der Waals surface area contributed by atoms with Crippen LogP contribution in [0.25, 0.3) is 16.6 Å². The smallest absolute Gasteiger partial charge is 0.341 e. The van der Waals surface area contributed by atoms with Crippen molar-refractivity contribution in [1.82, 2.24) is 19.6 Å². The molecule has 0 aliphatic rings. The van der Waals surface area contributed by atoms with Gasteiger partial charge in [-0.25, -0.2) is 9.97 Å². The van der Waals surface area contributed by atoms with E-state index < -0.39 is 16.2 Å². The predicted octanol–water partition coefficient (Wildman–Crippen LogP) is 3.86. The molecule has 0 fully saturated rings. The van der Waals surface area contributed by atoms with Gasteiger partial charge < -0.3 is 4.90 Å². The van der Waals surface area contributed by atoms with Crippen molar-refractivity contribution in [2.24, 2.45) is 0 Å². The highest BCUT2D eigenvalue weighted by molar-refractivity contribution is 5.86. The molecule has 158 valence electrons. The molecule has 9 heteroatoms. The Balaban J connectivity index is 1.56. The molecule has 0 bridgehead atoms. The predicted molar refractivity (Wildman–Crippen MR) is 121 cm³/mol. The lowest BCUT2D eigenvalue weighted by molar-refractivity contribution is -0.387. The summed E-state index contributed by atoms with van der Waals surface area (Å²) in [6.45, 7) is 0.385. The van der Waals surface area contributed by atoms with E-state index in [9.17, 15) is 14.9 Å². The van der Waals surface area contributed by atoms with E-state index in [1.807, 2.05) is 66.7 Å². The molecule has 32 heavy (non-hydrogen) atoms. The second-order valence-corrected chi connectivity index (χ2v) is 7.26. The Morgan fingerprint density at radius 2 is 1.72 bits per heavy atom. The summed E-state index contributed by atoms with van der Waals surface area (Å²) in [7, 11) is 0. The maximum atomic E-state index is 12.6. The Hall–Kier alpha value is -4.53. The third kappa shape index (κ3) is 3.45. The normalized spacial score (nSPS) is 11.1. The molecule has 9 nitrogen and oxygen atoms in total. The number of nitro groups is 1. The molecule has 3 aromatic carbocycles. The number of nitrogens with one attached hydrogen (secondary N) is 1. The zero-order chi connectivity index (χ0) is 22.1. The SMILES string of the molecule is O=c1c([N+](=O)[O-])c(CCN(c2ccccc2)c2ccc3ccccc3c2)nc2nc[nH]n12. The highest BCUT2D eigenvalue weighted by atomic mass is 16.6. The Morgan fingerprint density at radius 1 is 0.969 bits per heavy atom. The van der Waals surface area contributed by atoms with Crippen LogP contribution in [0.4, 0.5) is 17.1 Å². The average molecular weight is 426 g/mol. The molecule has 0 saturated heterocycles. The molecule has 0 unspecified atom stereocenters. The summed E-state index contributed by atoms with van der Waals surface area (Å²) < 4.78 is 0.972. The molecular weight excluding hydrogens is 408 g/mol. The second-order valence-electron chi connectivity index (χ2n) is 7.26. The van der Waals surface area contributed by atoms with Crippen LogP contribution in [0.2, 0.25) is 0 Å². The van der Waals surface area contributed by atoms with Crippen molar-refractivity contribution in [3.8, 4) is 0 Å². The monoisotopic (exact) mass is 426 g/mol. The van der Waals surface area contributed by atoms with Crippen LogP contribution in [0.1, 0.15) is 5.69 Å². The standard InChI is InChI=1S/C23H18N6O3/c30-22-21(29(31)32)20(26-23-24-15-25-28(22)23)12-13-27(18-8-2-1-3-9-18)19-11-10-16-6-4-5-7-17(16)14-19/h1-11,14-15H,12-13H2,(H,24,25,26). The first-order chi connectivity index (χ1) is 15.6. The van der Waals surface area contributed by atoms with Crippen LogP contribution in [-0.2, 0) is 6.42 Å². The molecular formula is C23H18N6O3. The number of benzene rings is 3.